The molecule has 3 N–H and O–H groups in total. The van der Waals surface area contributed by atoms with Gasteiger partial charge in [-0.15, -0.1) is 0 Å². The zero-order valence-corrected chi connectivity index (χ0v) is 11.7. The summed E-state index contributed by atoms with van der Waals surface area (Å²) in [6, 6.07) is 13.6. The molecule has 4 heteroatoms. The molecule has 20 heavy (non-hydrogen) atoms. The summed E-state index contributed by atoms with van der Waals surface area (Å²) in [7, 11) is 0. The number of nitrogens with two attached hydrogens (primary N) is 1. The molecule has 0 amide bonds. The lowest BCUT2D eigenvalue weighted by Gasteiger charge is -2.07. The van der Waals surface area contributed by atoms with Crippen LogP contribution < -0.4 is 10.5 Å². The Labute approximate surface area is 122 Å². The lowest BCUT2D eigenvalue weighted by atomic mass is 10.1. The summed E-state index contributed by atoms with van der Waals surface area (Å²) in [5.74, 6) is 0.693. The van der Waals surface area contributed by atoms with Crippen molar-refractivity contribution in [2.24, 2.45) is 5.73 Å². The van der Waals surface area contributed by atoms with Crippen LogP contribution in [0.3, 0.4) is 0 Å². The molecule has 0 aliphatic carbocycles. The average Bonchev–Trinajstić information content (AvgIpc) is 2.89. The fourth-order valence-corrected chi connectivity index (χ4v) is 2.47. The van der Waals surface area contributed by atoms with Gasteiger partial charge in [-0.3, -0.25) is 0 Å². The molecule has 3 nitrogen and oxygen atoms in total. The zero-order chi connectivity index (χ0) is 13.9. The van der Waals surface area contributed by atoms with Crippen LogP contribution >= 0.6 is 11.6 Å². The third kappa shape index (κ3) is 2.38. The molecule has 0 saturated heterocycles. The number of H-pyrrole nitrogens is 1. The van der Waals surface area contributed by atoms with Crippen molar-refractivity contribution < 1.29 is 4.74 Å². The third-order valence-electron chi connectivity index (χ3n) is 3.33. The maximum Gasteiger partial charge on any atom is 0.138 e. The van der Waals surface area contributed by atoms with Gasteiger partial charge in [0.05, 0.1) is 10.5 Å². The highest BCUT2D eigenvalue weighted by atomic mass is 35.5. The summed E-state index contributed by atoms with van der Waals surface area (Å²) in [5, 5.41) is 1.76. The average molecular weight is 287 g/mol. The number of ether oxygens (including phenoxy) is 1. The van der Waals surface area contributed by atoms with Gasteiger partial charge >= 0.3 is 0 Å². The Bertz CT molecular complexity index is 736. The first kappa shape index (κ1) is 13.0. The van der Waals surface area contributed by atoms with Gasteiger partial charge < -0.3 is 15.5 Å². The zero-order valence-electron chi connectivity index (χ0n) is 10.9. The van der Waals surface area contributed by atoms with Crippen LogP contribution in [0, 0.1) is 0 Å². The van der Waals surface area contributed by atoms with Crippen LogP contribution in [0.1, 0.15) is 11.1 Å². The van der Waals surface area contributed by atoms with E-state index in [0.717, 1.165) is 22.0 Å². The fraction of sp³-hybridized carbons (Fsp3) is 0.125. The van der Waals surface area contributed by atoms with Gasteiger partial charge in [-0.2, -0.15) is 0 Å². The summed E-state index contributed by atoms with van der Waals surface area (Å²) in [6.45, 7) is 0.987. The van der Waals surface area contributed by atoms with Gasteiger partial charge in [0.2, 0.25) is 0 Å². The number of nitrogens with one attached hydrogen (secondary N) is 1. The second-order valence-corrected chi connectivity index (χ2v) is 4.98. The maximum absolute atomic E-state index is 6.08. The molecule has 0 spiro atoms. The number of para-hydroxylation sites is 2. The standard InChI is InChI=1S/C16H15ClN2O/c17-14-6-1-2-7-15(14)20-10-12-9-19-16-11(8-18)4-3-5-13(12)16/h1-7,9,19H,8,10,18H2. The van der Waals surface area contributed by atoms with Crippen LogP contribution in [0.25, 0.3) is 10.9 Å². The summed E-state index contributed by atoms with van der Waals surface area (Å²) in [6.07, 6.45) is 1.96. The largest absolute Gasteiger partial charge is 0.487 e. The molecule has 0 radical (unpaired) electrons. The molecule has 3 rings (SSSR count). The monoisotopic (exact) mass is 286 g/mol. The molecule has 0 saturated carbocycles. The highest BCUT2D eigenvalue weighted by Gasteiger charge is 2.08. The van der Waals surface area contributed by atoms with Crippen LogP contribution in [-0.2, 0) is 13.2 Å². The highest BCUT2D eigenvalue weighted by molar-refractivity contribution is 6.32. The summed E-state index contributed by atoms with van der Waals surface area (Å²) in [5.41, 5.74) is 9.01. The van der Waals surface area contributed by atoms with Crippen molar-refractivity contribution in [2.75, 3.05) is 0 Å². The van der Waals surface area contributed by atoms with Gasteiger partial charge in [-0.05, 0) is 17.7 Å². The van der Waals surface area contributed by atoms with Crippen LogP contribution in [0.4, 0.5) is 0 Å². The summed E-state index contributed by atoms with van der Waals surface area (Å²) < 4.78 is 5.78. The van der Waals surface area contributed by atoms with Crippen molar-refractivity contribution in [1.82, 2.24) is 4.98 Å². The smallest absolute Gasteiger partial charge is 0.138 e. The van der Waals surface area contributed by atoms with Crippen molar-refractivity contribution in [3.63, 3.8) is 0 Å². The second-order valence-electron chi connectivity index (χ2n) is 4.58. The molecule has 3 aromatic rings. The predicted molar refractivity (Wildman–Crippen MR) is 82.0 cm³/mol. The molecule has 0 aliphatic rings. The van der Waals surface area contributed by atoms with E-state index in [-0.39, 0.29) is 0 Å². The number of hydrogen-bond acceptors (Lipinski definition) is 2. The normalized spacial score (nSPS) is 10.9. The van der Waals surface area contributed by atoms with Crippen molar-refractivity contribution in [2.45, 2.75) is 13.2 Å². The number of fused-ring (bicyclic) bond motifs is 1. The van der Waals surface area contributed by atoms with Crippen molar-refractivity contribution in [1.29, 1.82) is 0 Å². The molecule has 0 fully saturated rings. The van der Waals surface area contributed by atoms with Crippen LogP contribution in [0.15, 0.2) is 48.7 Å². The molecule has 0 bridgehead atoms. The van der Waals surface area contributed by atoms with Crippen LogP contribution in [-0.4, -0.2) is 4.98 Å². The lowest BCUT2D eigenvalue weighted by Crippen LogP contribution is -1.97. The Morgan fingerprint density at radius 2 is 1.90 bits per heavy atom. The Balaban J connectivity index is 1.87. The Kier molecular flexibility index (Phi) is 3.63. The molecular formula is C16H15ClN2O. The van der Waals surface area contributed by atoms with E-state index in [1.54, 1.807) is 0 Å². The Morgan fingerprint density at radius 1 is 1.05 bits per heavy atom. The molecule has 0 atom stereocenters. The molecule has 102 valence electrons. The number of aromatic nitrogens is 1. The van der Waals surface area contributed by atoms with E-state index in [4.69, 9.17) is 22.1 Å². The highest BCUT2D eigenvalue weighted by Crippen LogP contribution is 2.26. The van der Waals surface area contributed by atoms with Crippen molar-refractivity contribution in [3.05, 3.63) is 64.8 Å². The second kappa shape index (κ2) is 5.57. The first-order valence-corrected chi connectivity index (χ1v) is 6.82. The van der Waals surface area contributed by atoms with Gasteiger partial charge in [0, 0.05) is 23.7 Å². The molecule has 0 unspecified atom stereocenters. The number of aromatic amines is 1. The SMILES string of the molecule is NCc1cccc2c(COc3ccccc3Cl)c[nH]c12. The third-order valence-corrected chi connectivity index (χ3v) is 3.64. The molecular weight excluding hydrogens is 272 g/mol. The minimum atomic E-state index is 0.470. The minimum absolute atomic E-state index is 0.470. The maximum atomic E-state index is 6.08. The van der Waals surface area contributed by atoms with Gasteiger partial charge in [0.15, 0.2) is 0 Å². The van der Waals surface area contributed by atoms with Crippen molar-refractivity contribution >= 4 is 22.5 Å². The molecule has 2 aromatic carbocycles. The Morgan fingerprint density at radius 3 is 2.70 bits per heavy atom. The van der Waals surface area contributed by atoms with Crippen LogP contribution in [0.5, 0.6) is 5.75 Å². The van der Waals surface area contributed by atoms with E-state index < -0.39 is 0 Å². The fourth-order valence-electron chi connectivity index (χ4n) is 2.28. The van der Waals surface area contributed by atoms with Gasteiger partial charge in [0.1, 0.15) is 12.4 Å². The van der Waals surface area contributed by atoms with Gasteiger partial charge in [-0.1, -0.05) is 41.9 Å². The van der Waals surface area contributed by atoms with E-state index in [1.807, 2.05) is 42.6 Å². The molecule has 1 aromatic heterocycles. The summed E-state index contributed by atoms with van der Waals surface area (Å²) >= 11 is 6.08. The molecule has 0 aliphatic heterocycles. The van der Waals surface area contributed by atoms with Gasteiger partial charge in [-0.25, -0.2) is 0 Å². The lowest BCUT2D eigenvalue weighted by molar-refractivity contribution is 0.308. The van der Waals surface area contributed by atoms with E-state index >= 15 is 0 Å². The first-order chi connectivity index (χ1) is 9.79. The van der Waals surface area contributed by atoms with Crippen molar-refractivity contribution in [3.8, 4) is 5.75 Å². The quantitative estimate of drug-likeness (QED) is 0.765. The Hall–Kier alpha value is -1.97. The van der Waals surface area contributed by atoms with E-state index in [2.05, 4.69) is 11.1 Å². The predicted octanol–water partition coefficient (Wildman–Crippen LogP) is 3.86. The topological polar surface area (TPSA) is 51.0 Å². The van der Waals surface area contributed by atoms with Crippen LogP contribution in [0.2, 0.25) is 5.02 Å². The number of benzene rings is 2. The minimum Gasteiger partial charge on any atom is -0.487 e. The van der Waals surface area contributed by atoms with Gasteiger partial charge in [0.25, 0.3) is 0 Å². The van der Waals surface area contributed by atoms with E-state index in [9.17, 15) is 0 Å². The first-order valence-electron chi connectivity index (χ1n) is 6.45. The number of rotatable bonds is 4. The number of halogens is 1. The van der Waals surface area contributed by atoms with E-state index in [1.165, 1.54) is 0 Å². The van der Waals surface area contributed by atoms with E-state index in [0.29, 0.717) is 23.9 Å². The molecule has 1 heterocycles. The summed E-state index contributed by atoms with van der Waals surface area (Å²) in [4.78, 5) is 3.27. The number of hydrogen-bond donors (Lipinski definition) is 2.